The number of carbonyl (C=O) groups is 3. The van der Waals surface area contributed by atoms with Gasteiger partial charge in [-0.05, 0) is 50.4 Å². The largest absolute Gasteiger partial charge is 0.456 e. The van der Waals surface area contributed by atoms with Gasteiger partial charge in [0.25, 0.3) is 5.91 Å². The minimum absolute atomic E-state index is 0.0360. The fourth-order valence-corrected chi connectivity index (χ4v) is 2.81. The highest BCUT2D eigenvalue weighted by Gasteiger charge is 2.42. The van der Waals surface area contributed by atoms with Crippen LogP contribution in [0.2, 0.25) is 0 Å². The molecule has 0 atom stereocenters. The molecule has 0 saturated heterocycles. The van der Waals surface area contributed by atoms with Crippen molar-refractivity contribution in [3.63, 3.8) is 0 Å². The number of esters is 1. The van der Waals surface area contributed by atoms with Crippen LogP contribution in [0.1, 0.15) is 58.3 Å². The van der Waals surface area contributed by atoms with Crippen LogP contribution < -0.4 is 10.6 Å². The summed E-state index contributed by atoms with van der Waals surface area (Å²) in [7, 11) is 0. The van der Waals surface area contributed by atoms with Gasteiger partial charge in [0.05, 0.1) is 0 Å². The molecule has 0 unspecified atom stereocenters. The fraction of sp³-hybridized carbons (Fsp3) is 0.824. The molecule has 0 bridgehead atoms. The van der Waals surface area contributed by atoms with E-state index in [0.717, 1.165) is 12.8 Å². The summed E-state index contributed by atoms with van der Waals surface area (Å²) in [5.74, 6) is 0.754. The summed E-state index contributed by atoms with van der Waals surface area (Å²) in [6.45, 7) is 1.95. The van der Waals surface area contributed by atoms with E-state index in [4.69, 9.17) is 4.74 Å². The second kappa shape index (κ2) is 8.89. The van der Waals surface area contributed by atoms with Crippen LogP contribution in [-0.4, -0.2) is 37.0 Å². The molecule has 0 spiro atoms. The van der Waals surface area contributed by atoms with Gasteiger partial charge in [-0.3, -0.25) is 14.4 Å². The number of hydrogen-bond acceptors (Lipinski definition) is 4. The van der Waals surface area contributed by atoms with E-state index in [1.165, 1.54) is 32.6 Å². The number of nitrogens with one attached hydrogen (secondary N) is 2. The first-order valence-electron chi connectivity index (χ1n) is 8.75. The monoisotopic (exact) mass is 324 g/mol. The average Bonchev–Trinajstić information content (AvgIpc) is 3.38. The molecule has 0 aromatic rings. The Labute approximate surface area is 137 Å². The molecule has 6 nitrogen and oxygen atoms in total. The average molecular weight is 324 g/mol. The molecule has 2 aliphatic rings. The summed E-state index contributed by atoms with van der Waals surface area (Å²) >= 11 is 0. The molecule has 2 N–H and O–H groups in total. The third kappa shape index (κ3) is 7.48. The van der Waals surface area contributed by atoms with Gasteiger partial charge in [-0.15, -0.1) is 0 Å². The number of rotatable bonds is 11. The minimum Gasteiger partial charge on any atom is -0.456 e. The Kier molecular flexibility index (Phi) is 6.86. The highest BCUT2D eigenvalue weighted by Crippen LogP contribution is 2.44. The predicted octanol–water partition coefficient (Wildman–Crippen LogP) is 1.53. The van der Waals surface area contributed by atoms with E-state index in [1.54, 1.807) is 0 Å². The first-order valence-corrected chi connectivity index (χ1v) is 8.75. The maximum absolute atomic E-state index is 11.9. The fourth-order valence-electron chi connectivity index (χ4n) is 2.81. The molecule has 2 saturated carbocycles. The lowest BCUT2D eigenvalue weighted by molar-refractivity contribution is -0.148. The zero-order valence-corrected chi connectivity index (χ0v) is 13.9. The maximum atomic E-state index is 11.9. The second-order valence-corrected chi connectivity index (χ2v) is 6.72. The molecule has 2 fully saturated rings. The SMILES string of the molecule is CC(=O)NCCCCCC(=O)OCC(=O)NC(C1CC1)C1CC1. The van der Waals surface area contributed by atoms with Crippen LogP contribution in [-0.2, 0) is 19.1 Å². The molecule has 0 aromatic heterocycles. The predicted molar refractivity (Wildman–Crippen MR) is 85.5 cm³/mol. The van der Waals surface area contributed by atoms with Crippen LogP contribution in [0.4, 0.5) is 0 Å². The molecule has 0 aliphatic heterocycles. The molecule has 0 aromatic carbocycles. The van der Waals surface area contributed by atoms with Crippen molar-refractivity contribution in [1.29, 1.82) is 0 Å². The topological polar surface area (TPSA) is 84.5 Å². The van der Waals surface area contributed by atoms with Gasteiger partial charge in [0, 0.05) is 25.9 Å². The van der Waals surface area contributed by atoms with E-state index >= 15 is 0 Å². The van der Waals surface area contributed by atoms with E-state index in [2.05, 4.69) is 10.6 Å². The van der Waals surface area contributed by atoms with Gasteiger partial charge in [-0.25, -0.2) is 0 Å². The lowest BCUT2D eigenvalue weighted by Crippen LogP contribution is -2.40. The number of carbonyl (C=O) groups excluding carboxylic acids is 3. The molecule has 2 aliphatic carbocycles. The van der Waals surface area contributed by atoms with Crippen LogP contribution in [0.5, 0.6) is 0 Å². The Morgan fingerprint density at radius 3 is 2.26 bits per heavy atom. The highest BCUT2D eigenvalue weighted by atomic mass is 16.5. The quantitative estimate of drug-likeness (QED) is 0.446. The first kappa shape index (κ1) is 17.8. The van der Waals surface area contributed by atoms with Crippen molar-refractivity contribution in [2.45, 2.75) is 64.3 Å². The molecule has 6 heteroatoms. The summed E-state index contributed by atoms with van der Waals surface area (Å²) in [6.07, 6.45) is 7.57. The first-order chi connectivity index (χ1) is 11.1. The van der Waals surface area contributed by atoms with Crippen molar-refractivity contribution in [1.82, 2.24) is 10.6 Å². The normalized spacial score (nSPS) is 17.0. The van der Waals surface area contributed by atoms with Crippen molar-refractivity contribution in [2.75, 3.05) is 13.2 Å². The molecular weight excluding hydrogens is 296 g/mol. The lowest BCUT2D eigenvalue weighted by Gasteiger charge is -2.17. The number of hydrogen-bond donors (Lipinski definition) is 2. The third-order valence-electron chi connectivity index (χ3n) is 4.38. The Balaban J connectivity index is 1.48. The third-order valence-corrected chi connectivity index (χ3v) is 4.38. The minimum atomic E-state index is -0.325. The zero-order chi connectivity index (χ0) is 16.7. The summed E-state index contributed by atoms with van der Waals surface area (Å²) in [6, 6.07) is 0.301. The van der Waals surface area contributed by atoms with Crippen molar-refractivity contribution in [2.24, 2.45) is 11.8 Å². The van der Waals surface area contributed by atoms with Crippen LogP contribution >= 0.6 is 0 Å². The van der Waals surface area contributed by atoms with Gasteiger partial charge in [-0.1, -0.05) is 6.42 Å². The Hall–Kier alpha value is -1.59. The summed E-state index contributed by atoms with van der Waals surface area (Å²) in [5, 5.41) is 5.75. The number of unbranched alkanes of at least 4 members (excludes halogenated alkanes) is 2. The van der Waals surface area contributed by atoms with Crippen molar-refractivity contribution < 1.29 is 19.1 Å². The summed E-state index contributed by atoms with van der Waals surface area (Å²) < 4.78 is 5.03. The van der Waals surface area contributed by atoms with Crippen LogP contribution in [0.15, 0.2) is 0 Å². The van der Waals surface area contributed by atoms with Gasteiger partial charge in [0.2, 0.25) is 5.91 Å². The molecule has 0 radical (unpaired) electrons. The Morgan fingerprint density at radius 1 is 1.04 bits per heavy atom. The van der Waals surface area contributed by atoms with E-state index in [0.29, 0.717) is 37.3 Å². The van der Waals surface area contributed by atoms with Gasteiger partial charge < -0.3 is 15.4 Å². The smallest absolute Gasteiger partial charge is 0.306 e. The lowest BCUT2D eigenvalue weighted by atomic mass is 10.1. The zero-order valence-electron chi connectivity index (χ0n) is 13.9. The molecule has 23 heavy (non-hydrogen) atoms. The van der Waals surface area contributed by atoms with Crippen LogP contribution in [0, 0.1) is 11.8 Å². The van der Waals surface area contributed by atoms with Gasteiger partial charge in [0.15, 0.2) is 6.61 Å². The van der Waals surface area contributed by atoms with Gasteiger partial charge in [0.1, 0.15) is 0 Å². The molecular formula is C17H28N2O4. The molecule has 2 amide bonds. The van der Waals surface area contributed by atoms with Crippen molar-refractivity contribution >= 4 is 17.8 Å². The molecule has 0 heterocycles. The Bertz CT molecular complexity index is 418. The van der Waals surface area contributed by atoms with Crippen molar-refractivity contribution in [3.05, 3.63) is 0 Å². The summed E-state index contributed by atoms with van der Waals surface area (Å²) in [4.78, 5) is 34.1. The van der Waals surface area contributed by atoms with Gasteiger partial charge >= 0.3 is 5.97 Å². The molecule has 130 valence electrons. The maximum Gasteiger partial charge on any atom is 0.306 e. The summed E-state index contributed by atoms with van der Waals surface area (Å²) in [5.41, 5.74) is 0. The standard InChI is InChI=1S/C17H28N2O4/c1-12(20)18-10-4-2-3-5-16(22)23-11-15(21)19-17(13-6-7-13)14-8-9-14/h13-14,17H,2-11H2,1H3,(H,18,20)(H,19,21). The molecule has 2 rings (SSSR count). The van der Waals surface area contributed by atoms with E-state index < -0.39 is 0 Å². The van der Waals surface area contributed by atoms with E-state index in [1.807, 2.05) is 0 Å². The second-order valence-electron chi connectivity index (χ2n) is 6.72. The van der Waals surface area contributed by atoms with E-state index in [-0.39, 0.29) is 24.4 Å². The number of amides is 2. The van der Waals surface area contributed by atoms with Gasteiger partial charge in [-0.2, -0.15) is 0 Å². The van der Waals surface area contributed by atoms with Crippen molar-refractivity contribution in [3.8, 4) is 0 Å². The Morgan fingerprint density at radius 2 is 1.70 bits per heavy atom. The van der Waals surface area contributed by atoms with Crippen LogP contribution in [0.3, 0.4) is 0 Å². The number of ether oxygens (including phenoxy) is 1. The van der Waals surface area contributed by atoms with E-state index in [9.17, 15) is 14.4 Å². The highest BCUT2D eigenvalue weighted by molar-refractivity contribution is 5.80. The van der Waals surface area contributed by atoms with Crippen LogP contribution in [0.25, 0.3) is 0 Å².